The fourth-order valence-electron chi connectivity index (χ4n) is 3.84. The van der Waals surface area contributed by atoms with Crippen molar-refractivity contribution >= 4 is 5.57 Å². The van der Waals surface area contributed by atoms with E-state index in [9.17, 15) is 8.78 Å². The lowest BCUT2D eigenvalue weighted by Gasteiger charge is -2.22. The van der Waals surface area contributed by atoms with Gasteiger partial charge in [-0.2, -0.15) is 0 Å². The molecule has 1 aromatic carbocycles. The first kappa shape index (κ1) is 20.9. The Morgan fingerprint density at radius 3 is 2.58 bits per heavy atom. The van der Waals surface area contributed by atoms with Gasteiger partial charge >= 0.3 is 0 Å². The quantitative estimate of drug-likeness (QED) is 0.293. The molecule has 1 aliphatic carbocycles. The van der Waals surface area contributed by atoms with Crippen molar-refractivity contribution < 1.29 is 8.78 Å². The van der Waals surface area contributed by atoms with Crippen LogP contribution in [0.3, 0.4) is 0 Å². The van der Waals surface area contributed by atoms with Gasteiger partial charge in [0.05, 0.1) is 0 Å². The molecule has 0 bridgehead atoms. The van der Waals surface area contributed by atoms with Crippen molar-refractivity contribution in [2.75, 3.05) is 0 Å². The van der Waals surface area contributed by atoms with E-state index in [1.165, 1.54) is 25.7 Å². The van der Waals surface area contributed by atoms with Gasteiger partial charge in [0.25, 0.3) is 0 Å². The number of benzene rings is 1. The first-order valence-electron chi connectivity index (χ1n) is 10.4. The highest BCUT2D eigenvalue weighted by Gasteiger charge is 2.20. The van der Waals surface area contributed by atoms with Gasteiger partial charge in [-0.3, -0.25) is 0 Å². The molecule has 1 unspecified atom stereocenters. The van der Waals surface area contributed by atoms with E-state index >= 15 is 0 Å². The smallest absolute Gasteiger partial charge is 0.166 e. The zero-order chi connectivity index (χ0) is 18.8. The topological polar surface area (TPSA) is 0 Å². The lowest BCUT2D eigenvalue weighted by Crippen LogP contribution is -2.07. The molecule has 1 atom stereocenters. The Kier molecular flexibility index (Phi) is 9.08. The molecule has 0 N–H and O–H groups in total. The Morgan fingerprint density at radius 1 is 1.08 bits per heavy atom. The fraction of sp³-hybridized carbons (Fsp3) is 0.583. The van der Waals surface area contributed by atoms with Crippen LogP contribution in [-0.4, -0.2) is 0 Å². The van der Waals surface area contributed by atoms with E-state index in [-0.39, 0.29) is 0 Å². The average molecular weight is 361 g/mol. The number of hydrogen-bond donors (Lipinski definition) is 0. The van der Waals surface area contributed by atoms with Crippen molar-refractivity contribution in [2.45, 2.75) is 84.5 Å². The molecule has 0 spiro atoms. The van der Waals surface area contributed by atoms with Crippen LogP contribution in [0.5, 0.6) is 0 Å². The van der Waals surface area contributed by atoms with Gasteiger partial charge in [-0.25, -0.2) is 8.78 Å². The second-order valence-corrected chi connectivity index (χ2v) is 7.58. The van der Waals surface area contributed by atoms with Crippen molar-refractivity contribution in [1.82, 2.24) is 0 Å². The van der Waals surface area contributed by atoms with Crippen LogP contribution in [0.15, 0.2) is 30.4 Å². The number of hydrogen-bond acceptors (Lipinski definition) is 0. The predicted molar refractivity (Wildman–Crippen MR) is 108 cm³/mol. The van der Waals surface area contributed by atoms with Crippen LogP contribution in [0.4, 0.5) is 8.78 Å². The molecule has 2 rings (SSSR count). The van der Waals surface area contributed by atoms with Crippen LogP contribution in [0.2, 0.25) is 0 Å². The van der Waals surface area contributed by atoms with Crippen molar-refractivity contribution in [3.05, 3.63) is 53.1 Å². The summed E-state index contributed by atoms with van der Waals surface area (Å²) in [6, 6.07) is 3.60. The van der Waals surface area contributed by atoms with Crippen molar-refractivity contribution in [3.63, 3.8) is 0 Å². The zero-order valence-electron chi connectivity index (χ0n) is 16.5. The first-order valence-corrected chi connectivity index (χ1v) is 10.4. The number of halogens is 2. The Balaban J connectivity index is 1.95. The number of allylic oxidation sites excluding steroid dienone is 4. The molecule has 0 fully saturated rings. The summed E-state index contributed by atoms with van der Waals surface area (Å²) in [5.41, 5.74) is 1.99. The third-order valence-corrected chi connectivity index (χ3v) is 5.55. The summed E-state index contributed by atoms with van der Waals surface area (Å²) in [7, 11) is 0. The van der Waals surface area contributed by atoms with E-state index < -0.39 is 11.6 Å². The van der Waals surface area contributed by atoms with Gasteiger partial charge in [-0.1, -0.05) is 63.0 Å². The predicted octanol–water partition coefficient (Wildman–Crippen LogP) is 8.02. The maximum absolute atomic E-state index is 14.6. The molecule has 0 heterocycles. The summed E-state index contributed by atoms with van der Waals surface area (Å²) in [5, 5.41) is 0. The zero-order valence-corrected chi connectivity index (χ0v) is 16.5. The molecule has 1 aliphatic rings. The Morgan fingerprint density at radius 2 is 1.88 bits per heavy atom. The van der Waals surface area contributed by atoms with Crippen LogP contribution >= 0.6 is 0 Å². The van der Waals surface area contributed by atoms with Crippen LogP contribution in [0, 0.1) is 17.6 Å². The fourth-order valence-corrected chi connectivity index (χ4v) is 3.84. The van der Waals surface area contributed by atoms with Crippen LogP contribution in [0.25, 0.3) is 5.57 Å². The standard InChI is InChI=1S/C24H34F2/c1-3-5-7-8-10-12-21-17-18-22(24(26)23(21)25)20-15-13-19(14-16-20)11-9-6-4-2/h4,6,15,17-19H,3,5,7-14,16H2,1-2H3. The van der Waals surface area contributed by atoms with E-state index in [0.29, 0.717) is 23.5 Å². The van der Waals surface area contributed by atoms with Crippen LogP contribution < -0.4 is 0 Å². The SMILES string of the molecule is CC=CCCC1CC=C(c2ccc(CCCCCCC)c(F)c2F)CC1. The third kappa shape index (κ3) is 6.07. The second kappa shape index (κ2) is 11.3. The highest BCUT2D eigenvalue weighted by atomic mass is 19.2. The highest BCUT2D eigenvalue weighted by molar-refractivity contribution is 5.67. The Labute approximate surface area is 158 Å². The number of aryl methyl sites for hydroxylation is 1. The lowest BCUT2D eigenvalue weighted by molar-refractivity contribution is 0.451. The molecular weight excluding hydrogens is 326 g/mol. The molecule has 0 saturated carbocycles. The van der Waals surface area contributed by atoms with E-state index in [4.69, 9.17) is 0 Å². The molecule has 0 saturated heterocycles. The maximum Gasteiger partial charge on any atom is 0.166 e. The lowest BCUT2D eigenvalue weighted by atomic mass is 9.84. The van der Waals surface area contributed by atoms with E-state index in [0.717, 1.165) is 44.1 Å². The molecule has 26 heavy (non-hydrogen) atoms. The minimum atomic E-state index is -0.644. The Hall–Kier alpha value is -1.44. The number of unbranched alkanes of at least 4 members (excludes halogenated alkanes) is 4. The van der Waals surface area contributed by atoms with E-state index in [2.05, 4.69) is 25.2 Å². The van der Waals surface area contributed by atoms with Crippen molar-refractivity contribution in [1.29, 1.82) is 0 Å². The first-order chi connectivity index (χ1) is 12.7. The van der Waals surface area contributed by atoms with Crippen molar-refractivity contribution in [3.8, 4) is 0 Å². The van der Waals surface area contributed by atoms with Gasteiger partial charge < -0.3 is 0 Å². The molecule has 144 valence electrons. The van der Waals surface area contributed by atoms with Crippen molar-refractivity contribution in [2.24, 2.45) is 5.92 Å². The molecular formula is C24H34F2. The highest BCUT2D eigenvalue weighted by Crippen LogP contribution is 2.34. The minimum absolute atomic E-state index is 0.476. The van der Waals surface area contributed by atoms with Gasteiger partial charge in [-0.05, 0) is 68.9 Å². The monoisotopic (exact) mass is 360 g/mol. The number of rotatable bonds is 10. The Bertz CT molecular complexity index is 613. The van der Waals surface area contributed by atoms with Crippen LogP contribution in [-0.2, 0) is 6.42 Å². The molecule has 0 aromatic heterocycles. The summed E-state index contributed by atoms with van der Waals surface area (Å²) in [4.78, 5) is 0. The third-order valence-electron chi connectivity index (χ3n) is 5.55. The summed E-state index contributed by atoms with van der Waals surface area (Å²) >= 11 is 0. The van der Waals surface area contributed by atoms with Gasteiger partial charge in [0.1, 0.15) is 0 Å². The molecule has 1 aromatic rings. The normalized spacial score (nSPS) is 17.7. The van der Waals surface area contributed by atoms with Gasteiger partial charge in [-0.15, -0.1) is 0 Å². The summed E-state index contributed by atoms with van der Waals surface area (Å²) in [5.74, 6) is -0.603. The van der Waals surface area contributed by atoms with Gasteiger partial charge in [0.2, 0.25) is 0 Å². The van der Waals surface area contributed by atoms with Gasteiger partial charge in [0.15, 0.2) is 11.6 Å². The maximum atomic E-state index is 14.6. The summed E-state index contributed by atoms with van der Waals surface area (Å²) < 4.78 is 29.1. The molecule has 0 aliphatic heterocycles. The molecule has 0 amide bonds. The largest absolute Gasteiger partial charge is 0.203 e. The van der Waals surface area contributed by atoms with E-state index in [1.54, 1.807) is 12.1 Å². The molecule has 0 nitrogen and oxygen atoms in total. The average Bonchev–Trinajstić information content (AvgIpc) is 2.66. The minimum Gasteiger partial charge on any atom is -0.203 e. The van der Waals surface area contributed by atoms with Gasteiger partial charge in [0, 0.05) is 5.56 Å². The molecule has 2 heteroatoms. The van der Waals surface area contributed by atoms with Crippen LogP contribution in [0.1, 0.15) is 89.2 Å². The summed E-state index contributed by atoms with van der Waals surface area (Å²) in [6.45, 7) is 4.23. The summed E-state index contributed by atoms with van der Waals surface area (Å²) in [6.07, 6.45) is 17.9. The molecule has 0 radical (unpaired) electrons. The van der Waals surface area contributed by atoms with E-state index in [1.807, 2.05) is 6.92 Å². The second-order valence-electron chi connectivity index (χ2n) is 7.58.